The molecule has 1 saturated heterocycles. The predicted molar refractivity (Wildman–Crippen MR) is 84.8 cm³/mol. The van der Waals surface area contributed by atoms with E-state index in [0.717, 1.165) is 0 Å². The number of rotatable bonds is 5. The van der Waals surface area contributed by atoms with Gasteiger partial charge in [-0.3, -0.25) is 19.7 Å². The fraction of sp³-hybridized carbons (Fsp3) is 0.750. The van der Waals surface area contributed by atoms with Crippen LogP contribution in [0, 0.1) is 11.8 Å². The maximum absolute atomic E-state index is 12.1. The molecule has 2 rings (SSSR count). The van der Waals surface area contributed by atoms with E-state index in [4.69, 9.17) is 4.74 Å². The number of imide groups is 1. The van der Waals surface area contributed by atoms with Gasteiger partial charge in [0.05, 0.1) is 5.92 Å². The first kappa shape index (κ1) is 18.2. The molecule has 4 amide bonds. The summed E-state index contributed by atoms with van der Waals surface area (Å²) in [5.41, 5.74) is -0.891. The average Bonchev–Trinajstić information content (AvgIpc) is 2.79. The van der Waals surface area contributed by atoms with Crippen molar-refractivity contribution >= 4 is 23.8 Å². The van der Waals surface area contributed by atoms with Crippen molar-refractivity contribution in [1.82, 2.24) is 16.0 Å². The highest BCUT2D eigenvalue weighted by Gasteiger charge is 2.49. The second-order valence-electron chi connectivity index (χ2n) is 6.97. The number of hydrogen-bond donors (Lipinski definition) is 3. The summed E-state index contributed by atoms with van der Waals surface area (Å²) < 4.78 is 5.08. The van der Waals surface area contributed by atoms with Crippen molar-refractivity contribution in [1.29, 1.82) is 0 Å². The predicted octanol–water partition coefficient (Wildman–Crippen LogP) is 0.459. The van der Waals surface area contributed by atoms with Crippen molar-refractivity contribution in [2.75, 3.05) is 6.61 Å². The molecule has 1 heterocycles. The molecule has 8 heteroatoms. The van der Waals surface area contributed by atoms with Gasteiger partial charge in [-0.15, -0.1) is 0 Å². The van der Waals surface area contributed by atoms with Crippen molar-refractivity contribution in [3.05, 3.63) is 0 Å². The zero-order chi connectivity index (χ0) is 17.9. The molecular formula is C16H25N3O5. The minimum Gasteiger partial charge on any atom is -0.455 e. The van der Waals surface area contributed by atoms with Gasteiger partial charge in [0.1, 0.15) is 5.54 Å². The highest BCUT2D eigenvalue weighted by molar-refractivity contribution is 6.07. The summed E-state index contributed by atoms with van der Waals surface area (Å²) in [5.74, 6) is -1.13. The van der Waals surface area contributed by atoms with Crippen LogP contribution >= 0.6 is 0 Å². The Morgan fingerprint density at radius 1 is 1.25 bits per heavy atom. The van der Waals surface area contributed by atoms with Gasteiger partial charge in [0.15, 0.2) is 6.61 Å². The van der Waals surface area contributed by atoms with E-state index in [1.807, 2.05) is 20.8 Å². The summed E-state index contributed by atoms with van der Waals surface area (Å²) in [7, 11) is 0. The van der Waals surface area contributed by atoms with Crippen LogP contribution in [0.1, 0.15) is 46.5 Å². The number of hydrogen-bond acceptors (Lipinski definition) is 5. The summed E-state index contributed by atoms with van der Waals surface area (Å²) in [6.45, 7) is 5.58. The quantitative estimate of drug-likeness (QED) is 0.497. The van der Waals surface area contributed by atoms with Gasteiger partial charge < -0.3 is 15.4 Å². The van der Waals surface area contributed by atoms with Crippen LogP contribution in [-0.4, -0.2) is 42.0 Å². The molecule has 0 aromatic carbocycles. The lowest BCUT2D eigenvalue weighted by Gasteiger charge is -2.33. The zero-order valence-corrected chi connectivity index (χ0v) is 14.3. The fourth-order valence-electron chi connectivity index (χ4n) is 2.94. The second kappa shape index (κ2) is 7.19. The Labute approximate surface area is 141 Å². The first-order valence-corrected chi connectivity index (χ1v) is 8.33. The molecule has 1 saturated carbocycles. The molecule has 24 heavy (non-hydrogen) atoms. The Morgan fingerprint density at radius 3 is 2.38 bits per heavy atom. The normalized spacial score (nSPS) is 27.6. The molecular weight excluding hydrogens is 314 g/mol. The van der Waals surface area contributed by atoms with E-state index >= 15 is 0 Å². The lowest BCUT2D eigenvalue weighted by molar-refractivity contribution is -0.154. The van der Waals surface area contributed by atoms with E-state index in [2.05, 4.69) is 16.0 Å². The number of amides is 4. The minimum atomic E-state index is -0.891. The maximum Gasteiger partial charge on any atom is 0.322 e. The van der Waals surface area contributed by atoms with Gasteiger partial charge in [0, 0.05) is 6.04 Å². The highest BCUT2D eigenvalue weighted by Crippen LogP contribution is 2.34. The molecule has 134 valence electrons. The van der Waals surface area contributed by atoms with Crippen molar-refractivity contribution in [2.45, 2.75) is 58.0 Å². The van der Waals surface area contributed by atoms with E-state index < -0.39 is 17.5 Å². The van der Waals surface area contributed by atoms with E-state index in [1.165, 1.54) is 0 Å². The highest BCUT2D eigenvalue weighted by atomic mass is 16.5. The Hall–Kier alpha value is -2.12. The summed E-state index contributed by atoms with van der Waals surface area (Å²) in [6.07, 6.45) is 1.66. The third-order valence-corrected chi connectivity index (χ3v) is 4.92. The second-order valence-corrected chi connectivity index (χ2v) is 6.97. The Bertz CT molecular complexity index is 538. The van der Waals surface area contributed by atoms with Gasteiger partial charge in [0.2, 0.25) is 0 Å². The van der Waals surface area contributed by atoms with Gasteiger partial charge in [-0.2, -0.15) is 0 Å². The Morgan fingerprint density at radius 2 is 1.88 bits per heavy atom. The molecule has 8 nitrogen and oxygen atoms in total. The number of carbonyl (C=O) groups is 4. The van der Waals surface area contributed by atoms with Gasteiger partial charge in [-0.05, 0) is 38.5 Å². The van der Waals surface area contributed by atoms with Crippen LogP contribution in [0.3, 0.4) is 0 Å². The monoisotopic (exact) mass is 339 g/mol. The smallest absolute Gasteiger partial charge is 0.322 e. The fourth-order valence-corrected chi connectivity index (χ4v) is 2.94. The van der Waals surface area contributed by atoms with Crippen molar-refractivity contribution in [3.63, 3.8) is 0 Å². The molecule has 0 bridgehead atoms. The zero-order valence-electron chi connectivity index (χ0n) is 14.3. The topological polar surface area (TPSA) is 114 Å². The van der Waals surface area contributed by atoms with E-state index in [-0.39, 0.29) is 30.4 Å². The van der Waals surface area contributed by atoms with E-state index in [0.29, 0.717) is 31.6 Å². The first-order chi connectivity index (χ1) is 11.2. The van der Waals surface area contributed by atoms with Gasteiger partial charge in [0.25, 0.3) is 11.8 Å². The molecule has 2 fully saturated rings. The number of ether oxygens (including phenoxy) is 1. The average molecular weight is 339 g/mol. The lowest BCUT2D eigenvalue weighted by atomic mass is 9.76. The molecule has 1 spiro atoms. The van der Waals surface area contributed by atoms with Crippen LogP contribution in [0.4, 0.5) is 4.79 Å². The number of carbonyl (C=O) groups excluding carboxylic acids is 4. The standard InChI is InChI=1S/C16H25N3O5/c1-9(2)10(3)17-12(20)8-24-13(21)11-4-6-16(7-5-11)14(22)18-15(23)19-16/h9-11H,4-8H2,1-3H3,(H,17,20)(H2,18,19,22,23)/t10-,11?,16?/m1/s1. The molecule has 2 aliphatic rings. The molecule has 3 N–H and O–H groups in total. The third kappa shape index (κ3) is 4.04. The third-order valence-electron chi connectivity index (χ3n) is 4.92. The van der Waals surface area contributed by atoms with Crippen LogP contribution in [0.5, 0.6) is 0 Å². The summed E-state index contributed by atoms with van der Waals surface area (Å²) in [5, 5.41) is 7.65. The number of esters is 1. The number of urea groups is 1. The van der Waals surface area contributed by atoms with E-state index in [1.54, 1.807) is 0 Å². The minimum absolute atomic E-state index is 0.00947. The first-order valence-electron chi connectivity index (χ1n) is 8.33. The Kier molecular flexibility index (Phi) is 5.46. The molecule has 0 aromatic heterocycles. The van der Waals surface area contributed by atoms with Gasteiger partial charge >= 0.3 is 12.0 Å². The SMILES string of the molecule is CC(C)[C@@H](C)NC(=O)COC(=O)C1CCC2(CC1)NC(=O)NC2=O. The van der Waals surface area contributed by atoms with Crippen LogP contribution in [-0.2, 0) is 19.1 Å². The molecule has 1 aliphatic heterocycles. The van der Waals surface area contributed by atoms with Gasteiger partial charge in [-0.25, -0.2) is 4.79 Å². The van der Waals surface area contributed by atoms with Crippen molar-refractivity contribution in [2.24, 2.45) is 11.8 Å². The molecule has 1 atom stereocenters. The van der Waals surface area contributed by atoms with Crippen LogP contribution < -0.4 is 16.0 Å². The summed E-state index contributed by atoms with van der Waals surface area (Å²) in [4.78, 5) is 46.9. The molecule has 1 aliphatic carbocycles. The molecule has 0 aromatic rings. The Balaban J connectivity index is 1.76. The van der Waals surface area contributed by atoms with Crippen LogP contribution in [0.15, 0.2) is 0 Å². The molecule has 0 radical (unpaired) electrons. The van der Waals surface area contributed by atoms with E-state index in [9.17, 15) is 19.2 Å². The lowest BCUT2D eigenvalue weighted by Crippen LogP contribution is -2.50. The maximum atomic E-state index is 12.1. The van der Waals surface area contributed by atoms with Crippen molar-refractivity contribution in [3.8, 4) is 0 Å². The van der Waals surface area contributed by atoms with Crippen LogP contribution in [0.25, 0.3) is 0 Å². The summed E-state index contributed by atoms with van der Waals surface area (Å²) >= 11 is 0. The van der Waals surface area contributed by atoms with Gasteiger partial charge in [-0.1, -0.05) is 13.8 Å². The number of nitrogens with one attached hydrogen (secondary N) is 3. The molecule has 0 unspecified atom stereocenters. The van der Waals surface area contributed by atoms with Crippen molar-refractivity contribution < 1.29 is 23.9 Å². The largest absolute Gasteiger partial charge is 0.455 e. The summed E-state index contributed by atoms with van der Waals surface area (Å²) in [6, 6.07) is -0.479. The van der Waals surface area contributed by atoms with Crippen LogP contribution in [0.2, 0.25) is 0 Å².